The molecule has 0 amide bonds. The molecule has 0 N–H and O–H groups in total. The van der Waals surface area contributed by atoms with Crippen LogP contribution in [0.5, 0.6) is 0 Å². The minimum absolute atomic E-state index is 0.598. The molecular formula is C24H18F6N2. The van der Waals surface area contributed by atoms with Crippen LogP contribution < -0.4 is 0 Å². The molecule has 0 atom stereocenters. The van der Waals surface area contributed by atoms with Crippen molar-refractivity contribution < 1.29 is 26.3 Å². The van der Waals surface area contributed by atoms with E-state index >= 15 is 0 Å². The second-order valence-corrected chi connectivity index (χ2v) is 7.57. The monoisotopic (exact) mass is 448 g/mol. The van der Waals surface area contributed by atoms with Crippen LogP contribution in [-0.4, -0.2) is 9.13 Å². The zero-order valence-corrected chi connectivity index (χ0v) is 17.1. The Balaban J connectivity index is 1.65. The van der Waals surface area contributed by atoms with Crippen molar-refractivity contribution >= 4 is 0 Å². The van der Waals surface area contributed by atoms with E-state index in [4.69, 9.17) is 0 Å². The van der Waals surface area contributed by atoms with Gasteiger partial charge in [0.15, 0.2) is 0 Å². The Labute approximate surface area is 180 Å². The summed E-state index contributed by atoms with van der Waals surface area (Å²) < 4.78 is 80.5. The lowest BCUT2D eigenvalue weighted by atomic mass is 10.2. The average Bonchev–Trinajstić information content (AvgIpc) is 3.30. The van der Waals surface area contributed by atoms with E-state index in [0.717, 1.165) is 46.8 Å². The molecule has 8 heteroatoms. The number of aromatic nitrogens is 2. The van der Waals surface area contributed by atoms with E-state index in [1.165, 1.54) is 24.3 Å². The molecule has 2 aromatic carbocycles. The second-order valence-electron chi connectivity index (χ2n) is 7.57. The van der Waals surface area contributed by atoms with E-state index < -0.39 is 23.5 Å². The number of benzene rings is 2. The molecular weight excluding hydrogens is 430 g/mol. The zero-order chi connectivity index (χ0) is 23.3. The van der Waals surface area contributed by atoms with Gasteiger partial charge in [-0.05, 0) is 74.5 Å². The lowest BCUT2D eigenvalue weighted by molar-refractivity contribution is -0.138. The molecule has 0 saturated carbocycles. The molecule has 2 heterocycles. The summed E-state index contributed by atoms with van der Waals surface area (Å²) in [7, 11) is 0. The van der Waals surface area contributed by atoms with Crippen LogP contribution in [0.4, 0.5) is 26.3 Å². The maximum atomic E-state index is 12.8. The number of rotatable bonds is 3. The van der Waals surface area contributed by atoms with Gasteiger partial charge in [0, 0.05) is 46.3 Å². The Morgan fingerprint density at radius 3 is 1.12 bits per heavy atom. The van der Waals surface area contributed by atoms with Gasteiger partial charge >= 0.3 is 12.4 Å². The predicted molar refractivity (Wildman–Crippen MR) is 110 cm³/mol. The Morgan fingerprint density at radius 1 is 0.531 bits per heavy atom. The van der Waals surface area contributed by atoms with Gasteiger partial charge in [-0.3, -0.25) is 0 Å². The summed E-state index contributed by atoms with van der Waals surface area (Å²) in [6, 6.07) is 13.6. The van der Waals surface area contributed by atoms with Crippen LogP contribution in [0.2, 0.25) is 0 Å². The molecule has 0 saturated heterocycles. The van der Waals surface area contributed by atoms with Gasteiger partial charge in [-0.1, -0.05) is 0 Å². The molecule has 0 aliphatic heterocycles. The first-order chi connectivity index (χ1) is 14.9. The molecule has 0 aliphatic carbocycles. The summed E-state index contributed by atoms with van der Waals surface area (Å²) >= 11 is 0. The molecule has 0 aliphatic rings. The normalized spacial score (nSPS) is 12.4. The lowest BCUT2D eigenvalue weighted by Crippen LogP contribution is -2.05. The summed E-state index contributed by atoms with van der Waals surface area (Å²) in [5, 5.41) is 0. The van der Waals surface area contributed by atoms with Gasteiger partial charge in [-0.2, -0.15) is 26.3 Å². The maximum absolute atomic E-state index is 12.8. The molecule has 2 nitrogen and oxygen atoms in total. The Bertz CT molecular complexity index is 1140. The highest BCUT2D eigenvalue weighted by atomic mass is 19.4. The minimum Gasteiger partial charge on any atom is -0.321 e. The molecule has 4 rings (SSSR count). The van der Waals surface area contributed by atoms with Crippen molar-refractivity contribution in [2.75, 3.05) is 0 Å². The van der Waals surface area contributed by atoms with E-state index in [1.54, 1.807) is 9.13 Å². The Kier molecular flexibility index (Phi) is 5.19. The van der Waals surface area contributed by atoms with Gasteiger partial charge in [0.1, 0.15) is 0 Å². The first-order valence-corrected chi connectivity index (χ1v) is 9.67. The molecule has 166 valence electrons. The van der Waals surface area contributed by atoms with E-state index in [-0.39, 0.29) is 0 Å². The van der Waals surface area contributed by atoms with Crippen molar-refractivity contribution in [2.24, 2.45) is 0 Å². The highest BCUT2D eigenvalue weighted by Gasteiger charge is 2.30. The summed E-state index contributed by atoms with van der Waals surface area (Å²) in [5.74, 6) is 0. The highest BCUT2D eigenvalue weighted by Crippen LogP contribution is 2.33. The van der Waals surface area contributed by atoms with Crippen LogP contribution in [0.3, 0.4) is 0 Å². The molecule has 2 aromatic heterocycles. The fourth-order valence-electron chi connectivity index (χ4n) is 3.64. The van der Waals surface area contributed by atoms with Crippen LogP contribution in [0.25, 0.3) is 22.5 Å². The van der Waals surface area contributed by atoms with Gasteiger partial charge in [0.25, 0.3) is 0 Å². The molecule has 0 spiro atoms. The van der Waals surface area contributed by atoms with E-state index in [1.807, 2.05) is 38.4 Å². The molecule has 0 radical (unpaired) electrons. The highest BCUT2D eigenvalue weighted by molar-refractivity contribution is 5.66. The Morgan fingerprint density at radius 2 is 0.844 bits per heavy atom. The molecule has 0 bridgehead atoms. The maximum Gasteiger partial charge on any atom is 0.416 e. The summed E-state index contributed by atoms with van der Waals surface area (Å²) in [4.78, 5) is 0. The topological polar surface area (TPSA) is 9.86 Å². The second kappa shape index (κ2) is 7.62. The molecule has 4 aromatic rings. The van der Waals surface area contributed by atoms with Crippen LogP contribution in [0.1, 0.15) is 22.5 Å². The van der Waals surface area contributed by atoms with Crippen LogP contribution in [0.15, 0.2) is 73.1 Å². The smallest absolute Gasteiger partial charge is 0.321 e. The molecule has 0 fully saturated rings. The number of halogens is 6. The van der Waals surface area contributed by atoms with Gasteiger partial charge in [-0.15, -0.1) is 0 Å². The third kappa shape index (κ3) is 4.17. The van der Waals surface area contributed by atoms with Gasteiger partial charge in [0.2, 0.25) is 0 Å². The summed E-state index contributed by atoms with van der Waals surface area (Å²) in [6.07, 6.45) is -5.14. The van der Waals surface area contributed by atoms with Crippen molar-refractivity contribution in [3.8, 4) is 22.5 Å². The van der Waals surface area contributed by atoms with E-state index in [0.29, 0.717) is 11.4 Å². The third-order valence-corrected chi connectivity index (χ3v) is 5.30. The zero-order valence-electron chi connectivity index (χ0n) is 17.1. The van der Waals surface area contributed by atoms with Crippen molar-refractivity contribution in [1.29, 1.82) is 0 Å². The fourth-order valence-corrected chi connectivity index (χ4v) is 3.64. The average molecular weight is 448 g/mol. The van der Waals surface area contributed by atoms with Crippen molar-refractivity contribution in [1.82, 2.24) is 9.13 Å². The number of nitrogens with zero attached hydrogens (tertiary/aromatic N) is 2. The van der Waals surface area contributed by atoms with E-state index in [9.17, 15) is 26.3 Å². The number of hydrogen-bond donors (Lipinski definition) is 0. The first kappa shape index (κ1) is 21.8. The fraction of sp³-hybridized carbons (Fsp3) is 0.167. The SMILES string of the molecule is Cc1cc(-c2cc(C)n(-c3ccc(C(F)(F)F)cc3)c2)cn1-c1ccc(C(F)(F)F)cc1. The summed E-state index contributed by atoms with van der Waals surface area (Å²) in [5.41, 5.74) is 3.12. The predicted octanol–water partition coefficient (Wildman–Crippen LogP) is 7.59. The number of aryl methyl sites for hydroxylation is 2. The first-order valence-electron chi connectivity index (χ1n) is 9.67. The molecule has 32 heavy (non-hydrogen) atoms. The lowest BCUT2D eigenvalue weighted by Gasteiger charge is -2.09. The van der Waals surface area contributed by atoms with Gasteiger partial charge in [0.05, 0.1) is 11.1 Å². The third-order valence-electron chi connectivity index (χ3n) is 5.30. The van der Waals surface area contributed by atoms with E-state index in [2.05, 4.69) is 0 Å². The van der Waals surface area contributed by atoms with Crippen molar-refractivity contribution in [2.45, 2.75) is 26.2 Å². The molecule has 0 unspecified atom stereocenters. The summed E-state index contributed by atoms with van der Waals surface area (Å²) in [6.45, 7) is 3.70. The van der Waals surface area contributed by atoms with Crippen LogP contribution in [0, 0.1) is 13.8 Å². The largest absolute Gasteiger partial charge is 0.416 e. The van der Waals surface area contributed by atoms with Gasteiger partial charge < -0.3 is 9.13 Å². The van der Waals surface area contributed by atoms with Crippen LogP contribution in [-0.2, 0) is 12.4 Å². The van der Waals surface area contributed by atoms with Crippen molar-refractivity contribution in [3.63, 3.8) is 0 Å². The standard InChI is InChI=1S/C24H18F6N2/c1-15-11-17(13-31(15)21-7-3-19(4-8-21)23(25,26)27)18-12-16(2)32(14-18)22-9-5-20(6-10-22)24(28,29)30/h3-14H,1-2H3. The quantitative estimate of drug-likeness (QED) is 0.286. The minimum atomic E-state index is -4.39. The number of hydrogen-bond acceptors (Lipinski definition) is 0. The Hall–Kier alpha value is -3.42. The van der Waals surface area contributed by atoms with Crippen LogP contribution >= 0.6 is 0 Å². The number of alkyl halides is 6. The van der Waals surface area contributed by atoms with Gasteiger partial charge in [-0.25, -0.2) is 0 Å². The van der Waals surface area contributed by atoms with Crippen molar-refractivity contribution in [3.05, 3.63) is 95.6 Å².